The van der Waals surface area contributed by atoms with Gasteiger partial charge in [-0.15, -0.1) is 11.3 Å². The quantitative estimate of drug-likeness (QED) is 0.257. The molecular formula is C27H22BrN3OS. The Bertz CT molecular complexity index is 1410. The Balaban J connectivity index is 1.46. The maximum atomic E-state index is 13.3. The van der Waals surface area contributed by atoms with Gasteiger partial charge < -0.3 is 10.3 Å². The van der Waals surface area contributed by atoms with Gasteiger partial charge in [0.05, 0.1) is 9.88 Å². The third kappa shape index (κ3) is 4.49. The molecule has 0 saturated heterocycles. The zero-order valence-electron chi connectivity index (χ0n) is 18.0. The Labute approximate surface area is 204 Å². The second-order valence-corrected chi connectivity index (χ2v) is 10.00. The summed E-state index contributed by atoms with van der Waals surface area (Å²) >= 11 is 5.07. The largest absolute Gasteiger partial charge is 0.361 e. The van der Waals surface area contributed by atoms with Crippen LogP contribution in [0.4, 0.5) is 0 Å². The van der Waals surface area contributed by atoms with Gasteiger partial charge in [-0.3, -0.25) is 4.79 Å². The van der Waals surface area contributed by atoms with Crippen LogP contribution in [0, 0.1) is 6.92 Å². The second kappa shape index (κ2) is 9.33. The highest BCUT2D eigenvalue weighted by Gasteiger charge is 2.22. The van der Waals surface area contributed by atoms with Crippen LogP contribution >= 0.6 is 27.3 Å². The van der Waals surface area contributed by atoms with Crippen molar-refractivity contribution in [3.8, 4) is 10.4 Å². The highest BCUT2D eigenvalue weighted by Crippen LogP contribution is 2.32. The van der Waals surface area contributed by atoms with E-state index in [1.54, 1.807) is 11.3 Å². The van der Waals surface area contributed by atoms with Crippen molar-refractivity contribution in [1.29, 1.82) is 0 Å². The predicted molar refractivity (Wildman–Crippen MR) is 139 cm³/mol. The summed E-state index contributed by atoms with van der Waals surface area (Å²) in [7, 11) is 0. The highest BCUT2D eigenvalue weighted by molar-refractivity contribution is 9.10. The van der Waals surface area contributed by atoms with Gasteiger partial charge in [0, 0.05) is 34.0 Å². The van der Waals surface area contributed by atoms with Gasteiger partial charge in [0.2, 0.25) is 0 Å². The number of hydrogen-bond donors (Lipinski definition) is 2. The monoisotopic (exact) mass is 515 g/mol. The molecule has 1 amide bonds. The van der Waals surface area contributed by atoms with Crippen molar-refractivity contribution in [1.82, 2.24) is 15.3 Å². The summed E-state index contributed by atoms with van der Waals surface area (Å²) in [6.07, 6.45) is 2.05. The van der Waals surface area contributed by atoms with E-state index in [2.05, 4.69) is 55.5 Å². The molecule has 1 atom stereocenters. The Kier molecular flexibility index (Phi) is 6.11. The predicted octanol–water partition coefficient (Wildman–Crippen LogP) is 6.92. The van der Waals surface area contributed by atoms with Crippen molar-refractivity contribution in [2.24, 2.45) is 0 Å². The van der Waals surface area contributed by atoms with Crippen molar-refractivity contribution in [2.75, 3.05) is 6.54 Å². The van der Waals surface area contributed by atoms with Gasteiger partial charge in [-0.05, 0) is 41.8 Å². The molecule has 33 heavy (non-hydrogen) atoms. The van der Waals surface area contributed by atoms with E-state index in [-0.39, 0.29) is 11.8 Å². The SMILES string of the molecule is Cc1nc(C(=O)NCC(c2ccc(Br)cc2)c2c[nH]c3ccccc23)c(-c2ccccc2)s1. The van der Waals surface area contributed by atoms with Crippen LogP contribution in [0.2, 0.25) is 0 Å². The number of rotatable bonds is 6. The molecule has 0 aliphatic carbocycles. The van der Waals surface area contributed by atoms with Gasteiger partial charge in [-0.25, -0.2) is 4.98 Å². The Morgan fingerprint density at radius 2 is 1.76 bits per heavy atom. The van der Waals surface area contributed by atoms with Crippen LogP contribution in [0.3, 0.4) is 0 Å². The van der Waals surface area contributed by atoms with E-state index in [9.17, 15) is 4.79 Å². The first-order valence-electron chi connectivity index (χ1n) is 10.7. The molecule has 164 valence electrons. The van der Waals surface area contributed by atoms with Crippen LogP contribution < -0.4 is 5.32 Å². The smallest absolute Gasteiger partial charge is 0.271 e. The molecule has 0 bridgehead atoms. The van der Waals surface area contributed by atoms with E-state index in [1.165, 1.54) is 0 Å². The molecule has 5 rings (SSSR count). The average Bonchev–Trinajstić information content (AvgIpc) is 3.45. The average molecular weight is 516 g/mol. The van der Waals surface area contributed by atoms with E-state index in [0.717, 1.165) is 42.0 Å². The minimum Gasteiger partial charge on any atom is -0.361 e. The number of nitrogens with zero attached hydrogens (tertiary/aromatic N) is 1. The number of amides is 1. The number of aromatic nitrogens is 2. The van der Waals surface area contributed by atoms with E-state index >= 15 is 0 Å². The Morgan fingerprint density at radius 1 is 1.03 bits per heavy atom. The number of para-hydroxylation sites is 1. The lowest BCUT2D eigenvalue weighted by atomic mass is 9.91. The number of carbonyl (C=O) groups is 1. The number of carbonyl (C=O) groups excluding carboxylic acids is 1. The molecule has 3 aromatic carbocycles. The van der Waals surface area contributed by atoms with E-state index in [0.29, 0.717) is 12.2 Å². The van der Waals surface area contributed by atoms with Gasteiger partial charge in [-0.1, -0.05) is 76.6 Å². The minimum absolute atomic E-state index is 0.00175. The second-order valence-electron chi connectivity index (χ2n) is 7.88. The van der Waals surface area contributed by atoms with Crippen molar-refractivity contribution in [2.45, 2.75) is 12.8 Å². The summed E-state index contributed by atoms with van der Waals surface area (Å²) in [5, 5.41) is 5.20. The third-order valence-corrected chi connectivity index (χ3v) is 7.27. The van der Waals surface area contributed by atoms with Crippen LogP contribution in [0.5, 0.6) is 0 Å². The minimum atomic E-state index is -0.153. The number of aryl methyl sites for hydroxylation is 1. The first-order chi connectivity index (χ1) is 16.1. The molecule has 6 heteroatoms. The summed E-state index contributed by atoms with van der Waals surface area (Å²) in [6.45, 7) is 2.40. The van der Waals surface area contributed by atoms with E-state index in [4.69, 9.17) is 0 Å². The van der Waals surface area contributed by atoms with Crippen LogP contribution in [0.15, 0.2) is 89.5 Å². The molecule has 5 aromatic rings. The van der Waals surface area contributed by atoms with Crippen LogP contribution in [-0.2, 0) is 0 Å². The lowest BCUT2D eigenvalue weighted by Gasteiger charge is -2.18. The first-order valence-corrected chi connectivity index (χ1v) is 12.3. The number of nitrogens with one attached hydrogen (secondary N) is 2. The first kappa shape index (κ1) is 21.6. The lowest BCUT2D eigenvalue weighted by Crippen LogP contribution is -2.29. The molecule has 2 heterocycles. The zero-order valence-corrected chi connectivity index (χ0v) is 20.4. The fourth-order valence-electron chi connectivity index (χ4n) is 4.13. The normalized spacial score (nSPS) is 12.1. The molecular weight excluding hydrogens is 494 g/mol. The molecule has 2 aromatic heterocycles. The number of H-pyrrole nitrogens is 1. The maximum absolute atomic E-state index is 13.3. The molecule has 2 N–H and O–H groups in total. The molecule has 0 spiro atoms. The van der Waals surface area contributed by atoms with E-state index in [1.807, 2.05) is 67.7 Å². The van der Waals surface area contributed by atoms with Crippen molar-refractivity contribution in [3.63, 3.8) is 0 Å². The lowest BCUT2D eigenvalue weighted by molar-refractivity contribution is 0.0948. The van der Waals surface area contributed by atoms with E-state index < -0.39 is 0 Å². The summed E-state index contributed by atoms with van der Waals surface area (Å²) in [4.78, 5) is 22.1. The molecule has 4 nitrogen and oxygen atoms in total. The van der Waals surface area contributed by atoms with Gasteiger partial charge in [0.25, 0.3) is 5.91 Å². The van der Waals surface area contributed by atoms with Gasteiger partial charge in [-0.2, -0.15) is 0 Å². The van der Waals surface area contributed by atoms with Crippen molar-refractivity contribution >= 4 is 44.1 Å². The number of benzene rings is 3. The number of thiazole rings is 1. The zero-order chi connectivity index (χ0) is 22.8. The van der Waals surface area contributed by atoms with Gasteiger partial charge in [0.15, 0.2) is 0 Å². The Morgan fingerprint density at radius 3 is 2.55 bits per heavy atom. The Hall–Kier alpha value is -3.22. The van der Waals surface area contributed by atoms with Crippen molar-refractivity contribution < 1.29 is 4.79 Å². The summed E-state index contributed by atoms with van der Waals surface area (Å²) in [6, 6.07) is 26.5. The van der Waals surface area contributed by atoms with Gasteiger partial charge >= 0.3 is 0 Å². The molecule has 0 fully saturated rings. The summed E-state index contributed by atoms with van der Waals surface area (Å²) in [5.41, 5.74) is 4.88. The third-order valence-electron chi connectivity index (χ3n) is 5.72. The molecule has 0 aliphatic heterocycles. The summed E-state index contributed by atoms with van der Waals surface area (Å²) < 4.78 is 1.03. The molecule has 0 saturated carbocycles. The fraction of sp³-hybridized carbons (Fsp3) is 0.111. The number of aromatic amines is 1. The number of halogens is 1. The van der Waals surface area contributed by atoms with Crippen LogP contribution in [-0.4, -0.2) is 22.4 Å². The highest BCUT2D eigenvalue weighted by atomic mass is 79.9. The molecule has 1 unspecified atom stereocenters. The molecule has 0 radical (unpaired) electrons. The van der Waals surface area contributed by atoms with Crippen LogP contribution in [0.25, 0.3) is 21.3 Å². The fourth-order valence-corrected chi connectivity index (χ4v) is 5.31. The number of hydrogen-bond acceptors (Lipinski definition) is 3. The summed E-state index contributed by atoms with van der Waals surface area (Å²) in [5.74, 6) is -0.154. The topological polar surface area (TPSA) is 57.8 Å². The van der Waals surface area contributed by atoms with Crippen molar-refractivity contribution in [3.05, 3.63) is 111 Å². The standard InChI is InChI=1S/C27H22BrN3OS/c1-17-31-25(26(33-17)19-7-3-2-4-8-19)27(32)30-15-22(18-11-13-20(28)14-12-18)23-16-29-24-10-6-5-9-21(23)24/h2-14,16,22,29H,15H2,1H3,(H,30,32). The van der Waals surface area contributed by atoms with Crippen LogP contribution in [0.1, 0.15) is 32.5 Å². The maximum Gasteiger partial charge on any atom is 0.271 e. The molecule has 0 aliphatic rings. The van der Waals surface area contributed by atoms with Gasteiger partial charge in [0.1, 0.15) is 5.69 Å². The number of fused-ring (bicyclic) bond motifs is 1.